The van der Waals surface area contributed by atoms with Gasteiger partial charge in [-0.25, -0.2) is 0 Å². The third-order valence-corrected chi connectivity index (χ3v) is 4.65. The Morgan fingerprint density at radius 2 is 2.05 bits per heavy atom. The standard InChI is InChI=1S/C16H23BrN2O2/c1-11-8-14(4-5-15(11)17)18-16(20)6-7-19-9-12(2)21-13(3)10-19/h4-5,8,12-13H,6-7,9-10H2,1-3H3,(H,18,20)/p+1/t12-,13-/m0/s1. The van der Waals surface area contributed by atoms with Gasteiger partial charge in [-0.15, -0.1) is 0 Å². The van der Waals surface area contributed by atoms with E-state index in [-0.39, 0.29) is 18.1 Å². The van der Waals surface area contributed by atoms with Crippen LogP contribution in [-0.4, -0.2) is 37.7 Å². The van der Waals surface area contributed by atoms with Crippen LogP contribution in [0.5, 0.6) is 0 Å². The third-order valence-electron chi connectivity index (χ3n) is 3.76. The molecule has 0 saturated carbocycles. The smallest absolute Gasteiger partial charge is 0.230 e. The number of ether oxygens (including phenoxy) is 1. The zero-order valence-corrected chi connectivity index (χ0v) is 14.5. The van der Waals surface area contributed by atoms with E-state index in [0.717, 1.165) is 35.4 Å². The highest BCUT2D eigenvalue weighted by molar-refractivity contribution is 9.10. The number of morpholine rings is 1. The molecule has 116 valence electrons. The molecule has 1 fully saturated rings. The van der Waals surface area contributed by atoms with E-state index in [0.29, 0.717) is 6.42 Å². The summed E-state index contributed by atoms with van der Waals surface area (Å²) in [4.78, 5) is 13.5. The van der Waals surface area contributed by atoms with Gasteiger partial charge in [-0.2, -0.15) is 0 Å². The minimum atomic E-state index is 0.0796. The summed E-state index contributed by atoms with van der Waals surface area (Å²) in [6, 6.07) is 5.86. The maximum absolute atomic E-state index is 12.0. The largest absolute Gasteiger partial charge is 0.364 e. The number of quaternary nitrogens is 1. The van der Waals surface area contributed by atoms with Crippen molar-refractivity contribution in [3.63, 3.8) is 0 Å². The second-order valence-electron chi connectivity index (χ2n) is 5.93. The lowest BCUT2D eigenvalue weighted by molar-refractivity contribution is -0.914. The third kappa shape index (κ3) is 5.09. The fourth-order valence-electron chi connectivity index (χ4n) is 2.83. The van der Waals surface area contributed by atoms with E-state index in [2.05, 4.69) is 35.1 Å². The van der Waals surface area contributed by atoms with E-state index in [1.165, 1.54) is 4.90 Å². The molecular formula is C16H24BrN2O2+. The van der Waals surface area contributed by atoms with E-state index in [1.807, 2.05) is 25.1 Å². The molecule has 1 aromatic carbocycles. The number of rotatable bonds is 4. The Balaban J connectivity index is 1.80. The van der Waals surface area contributed by atoms with Gasteiger partial charge in [0.2, 0.25) is 5.91 Å². The van der Waals surface area contributed by atoms with Crippen molar-refractivity contribution in [1.82, 2.24) is 0 Å². The average molecular weight is 356 g/mol. The van der Waals surface area contributed by atoms with Crippen molar-refractivity contribution >= 4 is 27.5 Å². The van der Waals surface area contributed by atoms with Crippen LogP contribution in [0.25, 0.3) is 0 Å². The van der Waals surface area contributed by atoms with Gasteiger partial charge in [0, 0.05) is 10.2 Å². The first-order valence-electron chi connectivity index (χ1n) is 7.49. The number of carbonyl (C=O) groups excluding carboxylic acids is 1. The molecule has 1 aliphatic rings. The second-order valence-corrected chi connectivity index (χ2v) is 6.78. The summed E-state index contributed by atoms with van der Waals surface area (Å²) >= 11 is 3.46. The van der Waals surface area contributed by atoms with Crippen molar-refractivity contribution < 1.29 is 14.4 Å². The predicted octanol–water partition coefficient (Wildman–Crippen LogP) is 1.78. The van der Waals surface area contributed by atoms with Gasteiger partial charge in [0.05, 0.1) is 13.0 Å². The highest BCUT2D eigenvalue weighted by Gasteiger charge is 2.25. The number of amides is 1. The molecule has 2 N–H and O–H groups in total. The van der Waals surface area contributed by atoms with Crippen LogP contribution < -0.4 is 10.2 Å². The molecule has 0 aromatic heterocycles. The number of hydrogen-bond acceptors (Lipinski definition) is 2. The van der Waals surface area contributed by atoms with Crippen LogP contribution in [0.3, 0.4) is 0 Å². The first kappa shape index (κ1) is 16.5. The van der Waals surface area contributed by atoms with Crippen LogP contribution in [0.4, 0.5) is 5.69 Å². The Morgan fingerprint density at radius 1 is 1.38 bits per heavy atom. The molecule has 0 unspecified atom stereocenters. The summed E-state index contributed by atoms with van der Waals surface area (Å²) in [7, 11) is 0. The average Bonchev–Trinajstić information content (AvgIpc) is 2.40. The van der Waals surface area contributed by atoms with Gasteiger partial charge in [-0.05, 0) is 44.5 Å². The van der Waals surface area contributed by atoms with Gasteiger partial charge in [0.1, 0.15) is 25.3 Å². The SMILES string of the molecule is Cc1cc(NC(=O)CC[NH+]2C[C@H](C)O[C@@H](C)C2)ccc1Br. The Hall–Kier alpha value is -0.910. The molecule has 1 amide bonds. The Labute approximate surface area is 135 Å². The molecule has 2 atom stereocenters. The van der Waals surface area contributed by atoms with E-state index >= 15 is 0 Å². The minimum Gasteiger partial charge on any atom is -0.364 e. The lowest BCUT2D eigenvalue weighted by Crippen LogP contribution is -3.15. The van der Waals surface area contributed by atoms with Crippen molar-refractivity contribution in [1.29, 1.82) is 0 Å². The second kappa shape index (κ2) is 7.38. The maximum Gasteiger partial charge on any atom is 0.230 e. The van der Waals surface area contributed by atoms with Crippen molar-refractivity contribution in [2.45, 2.75) is 39.4 Å². The Bertz CT molecular complexity index is 497. The molecule has 0 radical (unpaired) electrons. The summed E-state index contributed by atoms with van der Waals surface area (Å²) in [6.07, 6.45) is 1.10. The van der Waals surface area contributed by atoms with E-state index in [9.17, 15) is 4.79 Å². The number of carbonyl (C=O) groups is 1. The fourth-order valence-corrected chi connectivity index (χ4v) is 3.08. The molecular weight excluding hydrogens is 332 g/mol. The topological polar surface area (TPSA) is 42.8 Å². The van der Waals surface area contributed by atoms with Crippen LogP contribution in [0.1, 0.15) is 25.8 Å². The minimum absolute atomic E-state index is 0.0796. The number of halogens is 1. The van der Waals surface area contributed by atoms with E-state index in [4.69, 9.17) is 4.74 Å². The highest BCUT2D eigenvalue weighted by Crippen LogP contribution is 2.19. The van der Waals surface area contributed by atoms with Crippen LogP contribution >= 0.6 is 15.9 Å². The summed E-state index contributed by atoms with van der Waals surface area (Å²) in [5.74, 6) is 0.0796. The number of aryl methyl sites for hydroxylation is 1. The highest BCUT2D eigenvalue weighted by atomic mass is 79.9. The van der Waals surface area contributed by atoms with Crippen LogP contribution in [0, 0.1) is 6.92 Å². The van der Waals surface area contributed by atoms with Gasteiger partial charge >= 0.3 is 0 Å². The Kier molecular flexibility index (Phi) is 5.79. The van der Waals surface area contributed by atoms with Crippen LogP contribution in [-0.2, 0) is 9.53 Å². The molecule has 0 spiro atoms. The van der Waals surface area contributed by atoms with Gasteiger partial charge in [-0.3, -0.25) is 4.79 Å². The molecule has 4 nitrogen and oxygen atoms in total. The monoisotopic (exact) mass is 355 g/mol. The zero-order valence-electron chi connectivity index (χ0n) is 12.9. The summed E-state index contributed by atoms with van der Waals surface area (Å²) < 4.78 is 6.77. The predicted molar refractivity (Wildman–Crippen MR) is 87.7 cm³/mol. The first-order valence-corrected chi connectivity index (χ1v) is 8.28. The van der Waals surface area contributed by atoms with Gasteiger partial charge in [0.25, 0.3) is 0 Å². The van der Waals surface area contributed by atoms with Crippen molar-refractivity contribution in [2.75, 3.05) is 25.0 Å². The summed E-state index contributed by atoms with van der Waals surface area (Å²) in [6.45, 7) is 9.03. The molecule has 2 rings (SSSR count). The molecule has 1 saturated heterocycles. The summed E-state index contributed by atoms with van der Waals surface area (Å²) in [5, 5.41) is 2.97. The number of anilines is 1. The molecule has 1 aromatic rings. The number of benzene rings is 1. The molecule has 5 heteroatoms. The van der Waals surface area contributed by atoms with Crippen molar-refractivity contribution in [3.05, 3.63) is 28.2 Å². The molecule has 21 heavy (non-hydrogen) atoms. The van der Waals surface area contributed by atoms with Gasteiger partial charge < -0.3 is 15.0 Å². The van der Waals surface area contributed by atoms with Crippen LogP contribution in [0.15, 0.2) is 22.7 Å². The number of hydrogen-bond donors (Lipinski definition) is 2. The van der Waals surface area contributed by atoms with E-state index in [1.54, 1.807) is 0 Å². The summed E-state index contributed by atoms with van der Waals surface area (Å²) in [5.41, 5.74) is 1.98. The normalized spacial score (nSPS) is 25.6. The Morgan fingerprint density at radius 3 is 2.67 bits per heavy atom. The molecule has 1 aliphatic heterocycles. The quantitative estimate of drug-likeness (QED) is 0.864. The molecule has 0 aliphatic carbocycles. The fraction of sp³-hybridized carbons (Fsp3) is 0.562. The van der Waals surface area contributed by atoms with Crippen molar-refractivity contribution in [2.24, 2.45) is 0 Å². The van der Waals surface area contributed by atoms with Crippen LogP contribution in [0.2, 0.25) is 0 Å². The molecule has 1 heterocycles. The molecule has 0 bridgehead atoms. The zero-order chi connectivity index (χ0) is 15.4. The van der Waals surface area contributed by atoms with E-state index < -0.39 is 0 Å². The lowest BCUT2D eigenvalue weighted by Gasteiger charge is -2.32. The first-order chi connectivity index (χ1) is 9.94. The number of nitrogens with one attached hydrogen (secondary N) is 2. The lowest BCUT2D eigenvalue weighted by atomic mass is 10.2. The van der Waals surface area contributed by atoms with Crippen molar-refractivity contribution in [3.8, 4) is 0 Å². The van der Waals surface area contributed by atoms with Gasteiger partial charge in [0.15, 0.2) is 0 Å². The van der Waals surface area contributed by atoms with Gasteiger partial charge in [-0.1, -0.05) is 15.9 Å². The maximum atomic E-state index is 12.0.